The summed E-state index contributed by atoms with van der Waals surface area (Å²) in [5, 5.41) is 0.851. The van der Waals surface area contributed by atoms with E-state index in [1.54, 1.807) is 18.2 Å². The van der Waals surface area contributed by atoms with Crippen LogP contribution in [0.3, 0.4) is 0 Å². The first-order valence-electron chi connectivity index (χ1n) is 5.37. The van der Waals surface area contributed by atoms with Crippen LogP contribution < -0.4 is 0 Å². The normalized spacial score (nSPS) is 10.9. The van der Waals surface area contributed by atoms with Crippen LogP contribution in [0.2, 0.25) is 0 Å². The predicted octanol–water partition coefficient (Wildman–Crippen LogP) is 4.89. The molecule has 2 aromatic rings. The molecule has 0 fully saturated rings. The zero-order valence-electron chi connectivity index (χ0n) is 9.24. The molecule has 0 unspecified atom stereocenters. The van der Waals surface area contributed by atoms with E-state index in [1.165, 1.54) is 11.6 Å². The van der Waals surface area contributed by atoms with Gasteiger partial charge in [0.25, 0.3) is 0 Å². The third kappa shape index (κ3) is 3.27. The minimum atomic E-state index is -0.194. The highest BCUT2D eigenvalue weighted by Gasteiger charge is 1.95. The molecule has 0 saturated carbocycles. The molecule has 0 aliphatic carbocycles. The molecule has 17 heavy (non-hydrogen) atoms. The number of hydrogen-bond acceptors (Lipinski definition) is 0. The maximum Gasteiger partial charge on any atom is 0.130 e. The van der Waals surface area contributed by atoms with Crippen molar-refractivity contribution >= 4 is 28.1 Å². The second-order valence-corrected chi connectivity index (χ2v) is 4.29. The van der Waals surface area contributed by atoms with Crippen LogP contribution in [0, 0.1) is 5.82 Å². The minimum absolute atomic E-state index is 0.194. The minimum Gasteiger partial charge on any atom is -0.206 e. The van der Waals surface area contributed by atoms with Gasteiger partial charge in [-0.1, -0.05) is 70.5 Å². The second kappa shape index (κ2) is 5.78. The third-order valence-electron chi connectivity index (χ3n) is 2.49. The van der Waals surface area contributed by atoms with E-state index in [9.17, 15) is 4.39 Å². The van der Waals surface area contributed by atoms with Gasteiger partial charge in [-0.05, 0) is 17.2 Å². The molecule has 0 heterocycles. The summed E-state index contributed by atoms with van der Waals surface area (Å²) < 4.78 is 13.4. The molecule has 0 radical (unpaired) electrons. The molecule has 0 nitrogen and oxygen atoms in total. The topological polar surface area (TPSA) is 0 Å². The first kappa shape index (κ1) is 12.1. The Bertz CT molecular complexity index is 515. The van der Waals surface area contributed by atoms with Crippen LogP contribution in [0.1, 0.15) is 16.7 Å². The van der Waals surface area contributed by atoms with E-state index in [4.69, 9.17) is 0 Å². The lowest BCUT2D eigenvalue weighted by atomic mass is 10.1. The van der Waals surface area contributed by atoms with E-state index in [0.717, 1.165) is 10.9 Å². The SMILES string of the molecule is Fc1ccccc1/C=C/c1ccc(CBr)cc1. The summed E-state index contributed by atoms with van der Waals surface area (Å²) in [5.41, 5.74) is 2.91. The van der Waals surface area contributed by atoms with Gasteiger partial charge in [0.1, 0.15) is 5.82 Å². The molecule has 0 spiro atoms. The largest absolute Gasteiger partial charge is 0.206 e. The van der Waals surface area contributed by atoms with E-state index >= 15 is 0 Å². The van der Waals surface area contributed by atoms with E-state index in [-0.39, 0.29) is 5.82 Å². The molecule has 0 amide bonds. The lowest BCUT2D eigenvalue weighted by Crippen LogP contribution is -1.80. The number of alkyl halides is 1. The first-order chi connectivity index (χ1) is 8.29. The molecule has 0 bridgehead atoms. The number of halogens is 2. The van der Waals surface area contributed by atoms with Gasteiger partial charge < -0.3 is 0 Å². The van der Waals surface area contributed by atoms with Crippen molar-refractivity contribution in [2.75, 3.05) is 0 Å². The van der Waals surface area contributed by atoms with Gasteiger partial charge in [-0.2, -0.15) is 0 Å². The van der Waals surface area contributed by atoms with Gasteiger partial charge in [0.2, 0.25) is 0 Å². The summed E-state index contributed by atoms with van der Waals surface area (Å²) in [6.07, 6.45) is 3.70. The van der Waals surface area contributed by atoms with Crippen molar-refractivity contribution in [3.63, 3.8) is 0 Å². The highest BCUT2D eigenvalue weighted by molar-refractivity contribution is 9.08. The summed E-state index contributed by atoms with van der Waals surface area (Å²) in [4.78, 5) is 0. The third-order valence-corrected chi connectivity index (χ3v) is 3.14. The summed E-state index contributed by atoms with van der Waals surface area (Å²) in [6, 6.07) is 14.9. The molecule has 2 heteroatoms. The molecule has 0 N–H and O–H groups in total. The van der Waals surface area contributed by atoms with Crippen molar-refractivity contribution in [1.82, 2.24) is 0 Å². The fourth-order valence-electron chi connectivity index (χ4n) is 1.51. The average molecular weight is 291 g/mol. The maximum atomic E-state index is 13.4. The van der Waals surface area contributed by atoms with Crippen LogP contribution in [-0.4, -0.2) is 0 Å². The zero-order chi connectivity index (χ0) is 12.1. The Morgan fingerprint density at radius 3 is 2.29 bits per heavy atom. The Hall–Kier alpha value is -1.41. The molecule has 0 atom stereocenters. The van der Waals surface area contributed by atoms with Crippen LogP contribution in [0.25, 0.3) is 12.2 Å². The van der Waals surface area contributed by atoms with Crippen molar-refractivity contribution in [1.29, 1.82) is 0 Å². The van der Waals surface area contributed by atoms with Crippen molar-refractivity contribution in [2.24, 2.45) is 0 Å². The highest BCUT2D eigenvalue weighted by Crippen LogP contribution is 2.13. The molecular formula is C15H12BrF. The fourth-order valence-corrected chi connectivity index (χ4v) is 1.89. The lowest BCUT2D eigenvalue weighted by molar-refractivity contribution is 0.625. The highest BCUT2D eigenvalue weighted by atomic mass is 79.9. The summed E-state index contributed by atoms with van der Waals surface area (Å²) in [6.45, 7) is 0. The molecule has 0 saturated heterocycles. The molecule has 0 aliphatic heterocycles. The van der Waals surface area contributed by atoms with Crippen LogP contribution in [0.5, 0.6) is 0 Å². The molecule has 86 valence electrons. The zero-order valence-corrected chi connectivity index (χ0v) is 10.8. The second-order valence-electron chi connectivity index (χ2n) is 3.73. The van der Waals surface area contributed by atoms with Gasteiger partial charge in [-0.3, -0.25) is 0 Å². The van der Waals surface area contributed by atoms with Gasteiger partial charge in [0.05, 0.1) is 0 Å². The van der Waals surface area contributed by atoms with Crippen LogP contribution in [-0.2, 0) is 5.33 Å². The average Bonchev–Trinajstić information content (AvgIpc) is 2.38. The van der Waals surface area contributed by atoms with Gasteiger partial charge >= 0.3 is 0 Å². The Kier molecular flexibility index (Phi) is 4.10. The number of hydrogen-bond donors (Lipinski definition) is 0. The standard InChI is InChI=1S/C15H12BrF/c16-11-13-7-5-12(6-8-13)9-10-14-3-1-2-4-15(14)17/h1-10H,11H2/b10-9+. The molecule has 2 aromatic carbocycles. The van der Waals surface area contributed by atoms with E-state index in [2.05, 4.69) is 28.1 Å². The van der Waals surface area contributed by atoms with Crippen LogP contribution in [0.15, 0.2) is 48.5 Å². The number of benzene rings is 2. The Morgan fingerprint density at radius 2 is 1.65 bits per heavy atom. The number of rotatable bonds is 3. The van der Waals surface area contributed by atoms with Crippen LogP contribution >= 0.6 is 15.9 Å². The smallest absolute Gasteiger partial charge is 0.130 e. The monoisotopic (exact) mass is 290 g/mol. The van der Waals surface area contributed by atoms with Crippen molar-refractivity contribution in [3.05, 3.63) is 71.0 Å². The van der Waals surface area contributed by atoms with Crippen LogP contribution in [0.4, 0.5) is 4.39 Å². The maximum absolute atomic E-state index is 13.4. The quantitative estimate of drug-likeness (QED) is 0.558. The molecule has 2 rings (SSSR count). The Balaban J connectivity index is 2.17. The van der Waals surface area contributed by atoms with E-state index in [1.807, 2.05) is 24.3 Å². The summed E-state index contributed by atoms with van der Waals surface area (Å²) in [5.74, 6) is -0.194. The lowest BCUT2D eigenvalue weighted by Gasteiger charge is -1.98. The van der Waals surface area contributed by atoms with Gasteiger partial charge in [-0.15, -0.1) is 0 Å². The van der Waals surface area contributed by atoms with E-state index in [0.29, 0.717) is 5.56 Å². The molecular weight excluding hydrogens is 279 g/mol. The fraction of sp³-hybridized carbons (Fsp3) is 0.0667. The Morgan fingerprint density at radius 1 is 0.941 bits per heavy atom. The predicted molar refractivity (Wildman–Crippen MR) is 74.4 cm³/mol. The first-order valence-corrected chi connectivity index (χ1v) is 6.49. The Labute approximate surface area is 109 Å². The van der Waals surface area contributed by atoms with Gasteiger partial charge in [-0.25, -0.2) is 4.39 Å². The van der Waals surface area contributed by atoms with Gasteiger partial charge in [0, 0.05) is 10.9 Å². The van der Waals surface area contributed by atoms with Gasteiger partial charge in [0.15, 0.2) is 0 Å². The molecule has 0 aromatic heterocycles. The van der Waals surface area contributed by atoms with Crippen molar-refractivity contribution in [3.8, 4) is 0 Å². The molecule has 0 aliphatic rings. The summed E-state index contributed by atoms with van der Waals surface area (Å²) in [7, 11) is 0. The van der Waals surface area contributed by atoms with Crippen molar-refractivity contribution < 1.29 is 4.39 Å². The van der Waals surface area contributed by atoms with E-state index < -0.39 is 0 Å². The van der Waals surface area contributed by atoms with Crippen molar-refractivity contribution in [2.45, 2.75) is 5.33 Å². The summed E-state index contributed by atoms with van der Waals surface area (Å²) >= 11 is 3.40.